The summed E-state index contributed by atoms with van der Waals surface area (Å²) in [5.74, 6) is 2.83. The third-order valence-electron chi connectivity index (χ3n) is 3.30. The number of hydrogen-bond donors (Lipinski definition) is 1. The molecule has 4 nitrogen and oxygen atoms in total. The second-order valence-electron chi connectivity index (χ2n) is 8.10. The normalized spacial score (nSPS) is 13.2. The fourth-order valence-electron chi connectivity index (χ4n) is 1.96. The smallest absolute Gasteiger partial charge is 0.202 e. The first-order valence-corrected chi connectivity index (χ1v) is 8.45. The number of ether oxygens (including phenoxy) is 3. The lowest BCUT2D eigenvalue weighted by atomic mass is 9.96. The molecule has 4 heteroatoms. The molecule has 0 spiro atoms. The van der Waals surface area contributed by atoms with E-state index in [1.54, 1.807) is 12.1 Å². The summed E-state index contributed by atoms with van der Waals surface area (Å²) in [7, 11) is 0. The van der Waals surface area contributed by atoms with Crippen LogP contribution in [0.15, 0.2) is 48.5 Å². The second-order valence-corrected chi connectivity index (χ2v) is 8.10. The van der Waals surface area contributed by atoms with Gasteiger partial charge in [0.2, 0.25) is 6.29 Å². The topological polar surface area (TPSA) is 47.9 Å². The van der Waals surface area contributed by atoms with E-state index in [0.29, 0.717) is 11.5 Å². The molecule has 136 valence electrons. The van der Waals surface area contributed by atoms with E-state index in [4.69, 9.17) is 14.2 Å². The molecule has 0 bridgehead atoms. The Morgan fingerprint density at radius 1 is 0.680 bits per heavy atom. The van der Waals surface area contributed by atoms with Crippen LogP contribution in [0.3, 0.4) is 0 Å². The molecule has 0 saturated carbocycles. The average molecular weight is 344 g/mol. The zero-order valence-corrected chi connectivity index (χ0v) is 15.9. The van der Waals surface area contributed by atoms with E-state index in [1.807, 2.05) is 77.9 Å². The van der Waals surface area contributed by atoms with Gasteiger partial charge in [-0.15, -0.1) is 0 Å². The minimum Gasteiger partial charge on any atom is -0.488 e. The van der Waals surface area contributed by atoms with Crippen molar-refractivity contribution in [2.24, 2.45) is 5.41 Å². The van der Waals surface area contributed by atoms with Crippen molar-refractivity contribution in [3.63, 3.8) is 0 Å². The maximum Gasteiger partial charge on any atom is 0.202 e. The largest absolute Gasteiger partial charge is 0.488 e. The zero-order valence-electron chi connectivity index (χ0n) is 15.9. The summed E-state index contributed by atoms with van der Waals surface area (Å²) >= 11 is 0. The highest BCUT2D eigenvalue weighted by Crippen LogP contribution is 2.28. The van der Waals surface area contributed by atoms with Crippen molar-refractivity contribution in [1.29, 1.82) is 0 Å². The molecule has 0 aliphatic heterocycles. The van der Waals surface area contributed by atoms with E-state index in [2.05, 4.69) is 0 Å². The van der Waals surface area contributed by atoms with Gasteiger partial charge in [-0.2, -0.15) is 0 Å². The first-order valence-electron chi connectivity index (χ1n) is 8.45. The van der Waals surface area contributed by atoms with Gasteiger partial charge in [0, 0.05) is 5.41 Å². The Morgan fingerprint density at radius 3 is 1.48 bits per heavy atom. The molecule has 2 rings (SSSR count). The Labute approximate surface area is 150 Å². The number of aliphatic hydroxyl groups excluding tert-OH is 1. The van der Waals surface area contributed by atoms with Gasteiger partial charge in [-0.05, 0) is 69.3 Å². The van der Waals surface area contributed by atoms with Crippen LogP contribution >= 0.6 is 0 Å². The van der Waals surface area contributed by atoms with Crippen LogP contribution in [-0.2, 0) is 0 Å². The standard InChI is InChI=1S/C21H28O4/c1-20(2,3)19(22)24-17-9-7-15(8-10-17)23-16-11-13-18(14-12-16)25-21(4,5)6/h7-14,19,22H,1-6H3. The van der Waals surface area contributed by atoms with E-state index in [9.17, 15) is 5.11 Å². The molecule has 0 saturated heterocycles. The van der Waals surface area contributed by atoms with Crippen LogP contribution < -0.4 is 14.2 Å². The van der Waals surface area contributed by atoms with Crippen molar-refractivity contribution >= 4 is 0 Å². The fourth-order valence-corrected chi connectivity index (χ4v) is 1.96. The predicted octanol–water partition coefficient (Wildman–Crippen LogP) is 5.40. The van der Waals surface area contributed by atoms with Crippen LogP contribution in [0.25, 0.3) is 0 Å². The van der Waals surface area contributed by atoms with Crippen LogP contribution in [0.4, 0.5) is 0 Å². The monoisotopic (exact) mass is 344 g/mol. The maximum atomic E-state index is 9.98. The third kappa shape index (κ3) is 6.31. The molecule has 1 atom stereocenters. The van der Waals surface area contributed by atoms with Crippen molar-refractivity contribution in [2.45, 2.75) is 53.4 Å². The Hall–Kier alpha value is -2.20. The minimum atomic E-state index is -0.866. The molecular formula is C21H28O4. The predicted molar refractivity (Wildman–Crippen MR) is 99.4 cm³/mol. The molecule has 1 unspecified atom stereocenters. The third-order valence-corrected chi connectivity index (χ3v) is 3.30. The van der Waals surface area contributed by atoms with Gasteiger partial charge >= 0.3 is 0 Å². The summed E-state index contributed by atoms with van der Waals surface area (Å²) in [6, 6.07) is 14.7. The van der Waals surface area contributed by atoms with Gasteiger partial charge in [0.25, 0.3) is 0 Å². The summed E-state index contributed by atoms with van der Waals surface area (Å²) < 4.78 is 17.1. The van der Waals surface area contributed by atoms with Crippen molar-refractivity contribution in [3.8, 4) is 23.0 Å². The molecule has 0 aliphatic carbocycles. The molecule has 2 aromatic carbocycles. The molecule has 0 radical (unpaired) electrons. The quantitative estimate of drug-likeness (QED) is 0.738. The van der Waals surface area contributed by atoms with E-state index in [1.165, 1.54) is 0 Å². The Morgan fingerprint density at radius 2 is 1.08 bits per heavy atom. The van der Waals surface area contributed by atoms with Crippen LogP contribution in [-0.4, -0.2) is 17.0 Å². The van der Waals surface area contributed by atoms with Gasteiger partial charge in [0.05, 0.1) is 0 Å². The molecule has 25 heavy (non-hydrogen) atoms. The van der Waals surface area contributed by atoms with Gasteiger partial charge < -0.3 is 19.3 Å². The molecule has 1 N–H and O–H groups in total. The molecule has 2 aromatic rings. The first kappa shape index (κ1) is 19.1. The van der Waals surface area contributed by atoms with E-state index < -0.39 is 6.29 Å². The number of rotatable bonds is 5. The Bertz CT molecular complexity index is 661. The average Bonchev–Trinajstić information content (AvgIpc) is 2.49. The van der Waals surface area contributed by atoms with Gasteiger partial charge in [-0.1, -0.05) is 20.8 Å². The highest BCUT2D eigenvalue weighted by atomic mass is 16.6. The van der Waals surface area contributed by atoms with Crippen LogP contribution in [0, 0.1) is 5.41 Å². The number of aliphatic hydroxyl groups is 1. The number of hydrogen-bond acceptors (Lipinski definition) is 4. The summed E-state index contributed by atoms with van der Waals surface area (Å²) in [6.45, 7) is 11.8. The molecule has 0 aliphatic rings. The summed E-state index contributed by atoms with van der Waals surface area (Å²) in [5.41, 5.74) is -0.568. The van der Waals surface area contributed by atoms with Crippen molar-refractivity contribution < 1.29 is 19.3 Å². The SMILES string of the molecule is CC(C)(C)Oc1ccc(Oc2ccc(OC(O)C(C)(C)C)cc2)cc1. The van der Waals surface area contributed by atoms with Crippen LogP contribution in [0.5, 0.6) is 23.0 Å². The van der Waals surface area contributed by atoms with Gasteiger partial charge in [0.1, 0.15) is 28.6 Å². The van der Waals surface area contributed by atoms with E-state index >= 15 is 0 Å². The lowest BCUT2D eigenvalue weighted by Gasteiger charge is -2.26. The van der Waals surface area contributed by atoms with Crippen molar-refractivity contribution in [2.75, 3.05) is 0 Å². The van der Waals surface area contributed by atoms with E-state index in [0.717, 1.165) is 11.5 Å². The molecular weight excluding hydrogens is 316 g/mol. The molecule has 0 fully saturated rings. The zero-order chi connectivity index (χ0) is 18.7. The highest BCUT2D eigenvalue weighted by Gasteiger charge is 2.23. The minimum absolute atomic E-state index is 0.226. The van der Waals surface area contributed by atoms with Gasteiger partial charge in [-0.3, -0.25) is 0 Å². The van der Waals surface area contributed by atoms with Crippen molar-refractivity contribution in [3.05, 3.63) is 48.5 Å². The number of benzene rings is 2. The van der Waals surface area contributed by atoms with Crippen LogP contribution in [0.1, 0.15) is 41.5 Å². The lowest BCUT2D eigenvalue weighted by Crippen LogP contribution is -2.31. The summed E-state index contributed by atoms with van der Waals surface area (Å²) in [5, 5.41) is 9.98. The molecule has 0 amide bonds. The Balaban J connectivity index is 1.97. The van der Waals surface area contributed by atoms with Crippen LogP contribution in [0.2, 0.25) is 0 Å². The fraction of sp³-hybridized carbons (Fsp3) is 0.429. The first-order chi connectivity index (χ1) is 11.5. The van der Waals surface area contributed by atoms with Crippen molar-refractivity contribution in [1.82, 2.24) is 0 Å². The van der Waals surface area contributed by atoms with Gasteiger partial charge in [0.15, 0.2) is 0 Å². The van der Waals surface area contributed by atoms with E-state index in [-0.39, 0.29) is 11.0 Å². The second kappa shape index (κ2) is 7.36. The molecule has 0 heterocycles. The van der Waals surface area contributed by atoms with Gasteiger partial charge in [-0.25, -0.2) is 0 Å². The highest BCUT2D eigenvalue weighted by molar-refractivity contribution is 5.37. The maximum absolute atomic E-state index is 9.98. The molecule has 0 aromatic heterocycles. The summed E-state index contributed by atoms with van der Waals surface area (Å²) in [4.78, 5) is 0. The summed E-state index contributed by atoms with van der Waals surface area (Å²) in [6.07, 6.45) is -0.866. The lowest BCUT2D eigenvalue weighted by molar-refractivity contribution is -0.0931. The Kier molecular flexibility index (Phi) is 5.63.